The molecule has 122 valence electrons. The summed E-state index contributed by atoms with van der Waals surface area (Å²) in [6.45, 7) is 9.48. The largest absolute Gasteiger partial charge is 0.481 e. The first-order valence-electron chi connectivity index (χ1n) is 7.74. The van der Waals surface area contributed by atoms with Gasteiger partial charge in [-0.1, -0.05) is 27.7 Å². The molecular formula is C16H30N2O3. The summed E-state index contributed by atoms with van der Waals surface area (Å²) >= 11 is 0. The molecule has 0 heterocycles. The lowest BCUT2D eigenvalue weighted by Gasteiger charge is -2.45. The molecule has 0 spiro atoms. The zero-order valence-electron chi connectivity index (χ0n) is 14.0. The molecule has 2 N–H and O–H groups in total. The normalized spacial score (nSPS) is 20.8. The predicted octanol–water partition coefficient (Wildman–Crippen LogP) is 3.10. The Hall–Kier alpha value is -1.26. The molecule has 1 saturated carbocycles. The molecule has 0 atom stereocenters. The van der Waals surface area contributed by atoms with Crippen LogP contribution in [0.25, 0.3) is 0 Å². The summed E-state index contributed by atoms with van der Waals surface area (Å²) in [5.41, 5.74) is 0.475. The van der Waals surface area contributed by atoms with Gasteiger partial charge in [-0.15, -0.1) is 0 Å². The lowest BCUT2D eigenvalue weighted by molar-refractivity contribution is -0.137. The van der Waals surface area contributed by atoms with Gasteiger partial charge in [0.2, 0.25) is 0 Å². The second-order valence-electron chi connectivity index (χ2n) is 7.98. The minimum Gasteiger partial charge on any atom is -0.481 e. The van der Waals surface area contributed by atoms with E-state index in [0.29, 0.717) is 13.0 Å². The van der Waals surface area contributed by atoms with Gasteiger partial charge in [0.1, 0.15) is 0 Å². The highest BCUT2D eigenvalue weighted by Gasteiger charge is 2.39. The van der Waals surface area contributed by atoms with E-state index >= 15 is 0 Å². The van der Waals surface area contributed by atoms with Crippen molar-refractivity contribution in [3.63, 3.8) is 0 Å². The highest BCUT2D eigenvalue weighted by Crippen LogP contribution is 2.45. The van der Waals surface area contributed by atoms with E-state index in [1.807, 2.05) is 0 Å². The molecule has 5 heteroatoms. The van der Waals surface area contributed by atoms with Crippen LogP contribution in [0.5, 0.6) is 0 Å². The second-order valence-corrected chi connectivity index (χ2v) is 7.98. The monoisotopic (exact) mass is 298 g/mol. The van der Waals surface area contributed by atoms with E-state index in [4.69, 9.17) is 5.11 Å². The maximum atomic E-state index is 12.2. The van der Waals surface area contributed by atoms with Gasteiger partial charge in [-0.2, -0.15) is 0 Å². The summed E-state index contributed by atoms with van der Waals surface area (Å²) in [6, 6.07) is 0.0945. The van der Waals surface area contributed by atoms with Gasteiger partial charge in [0.05, 0.1) is 0 Å². The lowest BCUT2D eigenvalue weighted by Crippen LogP contribution is -2.49. The fraction of sp³-hybridized carbons (Fsp3) is 0.875. The van der Waals surface area contributed by atoms with Crippen molar-refractivity contribution >= 4 is 12.0 Å². The Morgan fingerprint density at radius 2 is 1.71 bits per heavy atom. The Bertz CT molecular complexity index is 375. The van der Waals surface area contributed by atoms with E-state index in [1.165, 1.54) is 6.42 Å². The number of carbonyl (C=O) groups excluding carboxylic acids is 1. The Morgan fingerprint density at radius 1 is 1.19 bits per heavy atom. The van der Waals surface area contributed by atoms with E-state index in [9.17, 15) is 9.59 Å². The quantitative estimate of drug-likeness (QED) is 0.819. The van der Waals surface area contributed by atoms with Gasteiger partial charge < -0.3 is 15.3 Å². The van der Waals surface area contributed by atoms with E-state index in [1.54, 1.807) is 11.9 Å². The number of hydrogen-bond donors (Lipinski definition) is 2. The molecule has 5 nitrogen and oxygen atoms in total. The Balaban J connectivity index is 2.48. The van der Waals surface area contributed by atoms with Gasteiger partial charge >= 0.3 is 12.0 Å². The first kappa shape index (κ1) is 17.8. The Morgan fingerprint density at radius 3 is 2.19 bits per heavy atom. The molecule has 1 aliphatic carbocycles. The lowest BCUT2D eigenvalue weighted by atomic mass is 9.63. The van der Waals surface area contributed by atoms with Gasteiger partial charge in [0.25, 0.3) is 0 Å². The van der Waals surface area contributed by atoms with Gasteiger partial charge in [-0.05, 0) is 36.5 Å². The fourth-order valence-electron chi connectivity index (χ4n) is 3.80. The van der Waals surface area contributed by atoms with Crippen molar-refractivity contribution in [2.75, 3.05) is 13.6 Å². The third kappa shape index (κ3) is 6.36. The number of carboxylic acid groups (broad SMARTS) is 1. The first-order valence-corrected chi connectivity index (χ1v) is 7.74. The number of rotatable bonds is 5. The summed E-state index contributed by atoms with van der Waals surface area (Å²) < 4.78 is 0. The van der Waals surface area contributed by atoms with E-state index in [2.05, 4.69) is 33.0 Å². The van der Waals surface area contributed by atoms with Crippen molar-refractivity contribution in [2.24, 2.45) is 10.8 Å². The highest BCUT2D eigenvalue weighted by atomic mass is 16.4. The van der Waals surface area contributed by atoms with Crippen LogP contribution in [0.4, 0.5) is 4.79 Å². The number of aliphatic carboxylic acids is 1. The third-order valence-electron chi connectivity index (χ3n) is 4.11. The average molecular weight is 298 g/mol. The molecule has 0 aromatic rings. The molecule has 2 amide bonds. The number of nitrogens with one attached hydrogen (secondary N) is 1. The van der Waals surface area contributed by atoms with Crippen LogP contribution < -0.4 is 5.32 Å². The maximum Gasteiger partial charge on any atom is 0.317 e. The van der Waals surface area contributed by atoms with Crippen LogP contribution in [0.15, 0.2) is 0 Å². The van der Waals surface area contributed by atoms with Gasteiger partial charge in [-0.3, -0.25) is 4.79 Å². The van der Waals surface area contributed by atoms with Crippen LogP contribution in [0.2, 0.25) is 0 Å². The number of carbonyl (C=O) groups is 2. The molecule has 0 unspecified atom stereocenters. The van der Waals surface area contributed by atoms with Crippen molar-refractivity contribution in [1.82, 2.24) is 10.2 Å². The summed E-state index contributed by atoms with van der Waals surface area (Å²) in [6.07, 6.45) is 3.74. The molecule has 1 fully saturated rings. The van der Waals surface area contributed by atoms with Crippen molar-refractivity contribution in [2.45, 2.75) is 65.8 Å². The minimum atomic E-state index is -0.820. The average Bonchev–Trinajstić information content (AvgIpc) is 2.23. The molecule has 0 aromatic carbocycles. The number of hydrogen-bond acceptors (Lipinski definition) is 2. The highest BCUT2D eigenvalue weighted by molar-refractivity contribution is 5.74. The van der Waals surface area contributed by atoms with Gasteiger partial charge in [0.15, 0.2) is 0 Å². The van der Waals surface area contributed by atoms with Crippen molar-refractivity contribution < 1.29 is 14.7 Å². The second kappa shape index (κ2) is 6.67. The standard InChI is InChI=1S/C16H30N2O3/c1-15(2)9-12(10-16(3,4)11-15)17-14(21)18(5)8-6-7-13(19)20/h12H,6-11H2,1-5H3,(H,17,21)(H,19,20). The molecule has 21 heavy (non-hydrogen) atoms. The van der Waals surface area contributed by atoms with E-state index < -0.39 is 5.97 Å². The number of carboxylic acids is 1. The minimum absolute atomic E-state index is 0.0983. The SMILES string of the molecule is CN(CCCC(=O)O)C(=O)NC1CC(C)(C)CC(C)(C)C1. The third-order valence-corrected chi connectivity index (χ3v) is 4.11. The molecular weight excluding hydrogens is 268 g/mol. The van der Waals surface area contributed by atoms with E-state index in [0.717, 1.165) is 12.8 Å². The van der Waals surface area contributed by atoms with Crippen LogP contribution >= 0.6 is 0 Å². The fourth-order valence-corrected chi connectivity index (χ4v) is 3.80. The molecule has 0 aliphatic heterocycles. The summed E-state index contributed by atoms with van der Waals surface area (Å²) in [5, 5.41) is 11.7. The number of urea groups is 1. The topological polar surface area (TPSA) is 69.6 Å². The van der Waals surface area contributed by atoms with Crippen LogP contribution in [0.3, 0.4) is 0 Å². The summed E-state index contributed by atoms with van der Waals surface area (Å²) in [7, 11) is 1.72. The van der Waals surface area contributed by atoms with Crippen molar-refractivity contribution in [3.8, 4) is 0 Å². The molecule has 0 bridgehead atoms. The zero-order valence-corrected chi connectivity index (χ0v) is 14.0. The zero-order chi connectivity index (χ0) is 16.3. The number of amides is 2. The van der Waals surface area contributed by atoms with Crippen molar-refractivity contribution in [1.29, 1.82) is 0 Å². The molecule has 1 aliphatic rings. The predicted molar refractivity (Wildman–Crippen MR) is 83.2 cm³/mol. The van der Waals surface area contributed by atoms with E-state index in [-0.39, 0.29) is 29.3 Å². The molecule has 0 radical (unpaired) electrons. The maximum absolute atomic E-state index is 12.2. The van der Waals surface area contributed by atoms with Gasteiger partial charge in [-0.25, -0.2) is 4.79 Å². The van der Waals surface area contributed by atoms with Crippen LogP contribution in [-0.2, 0) is 4.79 Å². The van der Waals surface area contributed by atoms with Crippen LogP contribution in [0, 0.1) is 10.8 Å². The number of nitrogens with zero attached hydrogens (tertiary/aromatic N) is 1. The van der Waals surface area contributed by atoms with Crippen LogP contribution in [-0.4, -0.2) is 41.6 Å². The molecule has 1 rings (SSSR count). The van der Waals surface area contributed by atoms with Gasteiger partial charge in [0, 0.05) is 26.1 Å². The summed E-state index contributed by atoms with van der Waals surface area (Å²) in [5.74, 6) is -0.820. The molecule has 0 saturated heterocycles. The summed E-state index contributed by atoms with van der Waals surface area (Å²) in [4.78, 5) is 24.2. The molecule has 0 aromatic heterocycles. The van der Waals surface area contributed by atoms with Crippen molar-refractivity contribution in [3.05, 3.63) is 0 Å². The van der Waals surface area contributed by atoms with Crippen LogP contribution in [0.1, 0.15) is 59.8 Å². The first-order chi connectivity index (χ1) is 9.51. The smallest absolute Gasteiger partial charge is 0.317 e. The Kier molecular flexibility index (Phi) is 5.65. The Labute approximate surface area is 128 Å².